The summed E-state index contributed by atoms with van der Waals surface area (Å²) in [6.45, 7) is 6.87. The van der Waals surface area contributed by atoms with Gasteiger partial charge < -0.3 is 0 Å². The molecule has 0 radical (unpaired) electrons. The fourth-order valence-corrected chi connectivity index (χ4v) is 4.54. The summed E-state index contributed by atoms with van der Waals surface area (Å²) < 4.78 is 0. The number of likely N-dealkylation sites (tertiary alicyclic amines) is 1. The highest BCUT2D eigenvalue weighted by molar-refractivity contribution is 5.35. The van der Waals surface area contributed by atoms with E-state index in [9.17, 15) is 0 Å². The lowest BCUT2D eigenvalue weighted by Gasteiger charge is -2.45. The van der Waals surface area contributed by atoms with Crippen LogP contribution in [-0.4, -0.2) is 23.5 Å². The number of nitrogens with one attached hydrogen (secondary N) is 1. The molecule has 116 valence electrons. The number of hydrazine groups is 1. The third kappa shape index (κ3) is 2.63. The van der Waals surface area contributed by atoms with E-state index in [1.165, 1.54) is 68.3 Å². The Kier molecular flexibility index (Phi) is 4.34. The van der Waals surface area contributed by atoms with Crippen molar-refractivity contribution >= 4 is 0 Å². The van der Waals surface area contributed by atoms with E-state index in [4.69, 9.17) is 5.84 Å². The monoisotopic (exact) mass is 287 g/mol. The third-order valence-electron chi connectivity index (χ3n) is 5.65. The van der Waals surface area contributed by atoms with Crippen LogP contribution in [0.3, 0.4) is 0 Å². The van der Waals surface area contributed by atoms with Gasteiger partial charge in [-0.15, -0.1) is 0 Å². The quantitative estimate of drug-likeness (QED) is 0.660. The van der Waals surface area contributed by atoms with Crippen molar-refractivity contribution < 1.29 is 0 Å². The zero-order valence-electron chi connectivity index (χ0n) is 13.5. The van der Waals surface area contributed by atoms with Gasteiger partial charge in [-0.25, -0.2) is 0 Å². The topological polar surface area (TPSA) is 41.3 Å². The van der Waals surface area contributed by atoms with Gasteiger partial charge in [0.2, 0.25) is 0 Å². The zero-order valence-corrected chi connectivity index (χ0v) is 13.5. The second-order valence-electron chi connectivity index (χ2n) is 6.96. The first-order valence-corrected chi connectivity index (χ1v) is 8.46. The fraction of sp³-hybridized carbons (Fsp3) is 0.667. The molecule has 0 bridgehead atoms. The van der Waals surface area contributed by atoms with Crippen molar-refractivity contribution in [1.82, 2.24) is 10.3 Å². The lowest BCUT2D eigenvalue weighted by molar-refractivity contribution is 0.0762. The highest BCUT2D eigenvalue weighted by Crippen LogP contribution is 2.46. The average Bonchev–Trinajstić information content (AvgIpc) is 3.14. The van der Waals surface area contributed by atoms with Crippen LogP contribution < -0.4 is 11.3 Å². The highest BCUT2D eigenvalue weighted by Gasteiger charge is 2.47. The zero-order chi connectivity index (χ0) is 14.9. The minimum absolute atomic E-state index is 0.226. The molecular formula is C18H29N3. The van der Waals surface area contributed by atoms with Crippen LogP contribution in [0, 0.1) is 13.8 Å². The smallest absolute Gasteiger partial charge is 0.0646 e. The molecule has 3 nitrogen and oxygen atoms in total. The molecule has 3 heteroatoms. The van der Waals surface area contributed by atoms with E-state index in [2.05, 4.69) is 42.4 Å². The first-order chi connectivity index (χ1) is 10.2. The van der Waals surface area contributed by atoms with Gasteiger partial charge in [-0.3, -0.25) is 16.2 Å². The SMILES string of the molecule is Cc1ccc(C)c(C(NN)C2(N3CCCC3)CCCC2)c1. The second-order valence-corrected chi connectivity index (χ2v) is 6.96. The van der Waals surface area contributed by atoms with Gasteiger partial charge in [-0.1, -0.05) is 36.6 Å². The van der Waals surface area contributed by atoms with Crippen molar-refractivity contribution in [2.45, 2.75) is 64.0 Å². The van der Waals surface area contributed by atoms with Crippen LogP contribution in [0.4, 0.5) is 0 Å². The van der Waals surface area contributed by atoms with Crippen molar-refractivity contribution in [3.63, 3.8) is 0 Å². The molecule has 2 aliphatic rings. The summed E-state index contributed by atoms with van der Waals surface area (Å²) in [5, 5.41) is 0. The van der Waals surface area contributed by atoms with Crippen LogP contribution in [0.5, 0.6) is 0 Å². The standard InChI is InChI=1S/C18H29N3/c1-14-7-8-15(2)16(13-14)17(20-19)18(9-3-4-10-18)21-11-5-6-12-21/h7-8,13,17,20H,3-6,9-12,19H2,1-2H3. The number of rotatable bonds is 4. The Hall–Kier alpha value is -0.900. The molecule has 1 aromatic carbocycles. The van der Waals surface area contributed by atoms with Crippen molar-refractivity contribution in [2.75, 3.05) is 13.1 Å². The highest BCUT2D eigenvalue weighted by atomic mass is 15.3. The average molecular weight is 287 g/mol. The van der Waals surface area contributed by atoms with Gasteiger partial charge >= 0.3 is 0 Å². The molecule has 1 aliphatic heterocycles. The Morgan fingerprint density at radius 2 is 1.76 bits per heavy atom. The summed E-state index contributed by atoms with van der Waals surface area (Å²) in [4.78, 5) is 2.73. The van der Waals surface area contributed by atoms with Gasteiger partial charge in [0.05, 0.1) is 6.04 Å². The first kappa shape index (κ1) is 15.0. The summed E-state index contributed by atoms with van der Waals surface area (Å²) in [6, 6.07) is 7.01. The Morgan fingerprint density at radius 3 is 2.38 bits per heavy atom. The molecule has 1 saturated heterocycles. The van der Waals surface area contributed by atoms with Crippen molar-refractivity contribution in [3.05, 3.63) is 34.9 Å². The molecule has 3 rings (SSSR count). The molecule has 2 fully saturated rings. The molecule has 1 aromatic rings. The van der Waals surface area contributed by atoms with E-state index >= 15 is 0 Å². The summed E-state index contributed by atoms with van der Waals surface area (Å²) in [5.74, 6) is 6.08. The van der Waals surface area contributed by atoms with Crippen LogP contribution in [0.2, 0.25) is 0 Å². The van der Waals surface area contributed by atoms with E-state index in [1.54, 1.807) is 0 Å². The summed E-state index contributed by atoms with van der Waals surface area (Å²) in [6.07, 6.45) is 7.89. The van der Waals surface area contributed by atoms with Gasteiger partial charge in [-0.2, -0.15) is 0 Å². The number of nitrogens with two attached hydrogens (primary N) is 1. The molecule has 0 aromatic heterocycles. The molecule has 0 spiro atoms. The van der Waals surface area contributed by atoms with Gasteiger partial charge in [0, 0.05) is 5.54 Å². The molecular weight excluding hydrogens is 258 g/mol. The number of hydrogen-bond donors (Lipinski definition) is 2. The van der Waals surface area contributed by atoms with E-state index in [-0.39, 0.29) is 11.6 Å². The summed E-state index contributed by atoms with van der Waals surface area (Å²) in [5.41, 5.74) is 7.51. The lowest BCUT2D eigenvalue weighted by Crippen LogP contribution is -2.55. The third-order valence-corrected chi connectivity index (χ3v) is 5.65. The van der Waals surface area contributed by atoms with Crippen LogP contribution in [0.25, 0.3) is 0 Å². The van der Waals surface area contributed by atoms with Crippen LogP contribution in [-0.2, 0) is 0 Å². The first-order valence-electron chi connectivity index (χ1n) is 8.46. The number of benzene rings is 1. The van der Waals surface area contributed by atoms with Gasteiger partial charge in [0.25, 0.3) is 0 Å². The van der Waals surface area contributed by atoms with Crippen molar-refractivity contribution in [1.29, 1.82) is 0 Å². The van der Waals surface area contributed by atoms with Crippen LogP contribution in [0.1, 0.15) is 61.3 Å². The Morgan fingerprint density at radius 1 is 1.10 bits per heavy atom. The molecule has 21 heavy (non-hydrogen) atoms. The lowest BCUT2D eigenvalue weighted by atomic mass is 9.80. The maximum absolute atomic E-state index is 6.08. The predicted octanol–water partition coefficient (Wildman–Crippen LogP) is 3.22. The molecule has 1 heterocycles. The van der Waals surface area contributed by atoms with E-state index in [0.29, 0.717) is 0 Å². The van der Waals surface area contributed by atoms with Crippen molar-refractivity contribution in [2.24, 2.45) is 5.84 Å². The minimum atomic E-state index is 0.226. The number of aryl methyl sites for hydroxylation is 2. The molecule has 1 unspecified atom stereocenters. The van der Waals surface area contributed by atoms with Gasteiger partial charge in [0.1, 0.15) is 0 Å². The second kappa shape index (κ2) is 6.07. The fourth-order valence-electron chi connectivity index (χ4n) is 4.54. The normalized spacial score (nSPS) is 23.6. The molecule has 1 aliphatic carbocycles. The van der Waals surface area contributed by atoms with Gasteiger partial charge in [-0.05, 0) is 63.7 Å². The molecule has 1 atom stereocenters. The number of nitrogens with zero attached hydrogens (tertiary/aromatic N) is 1. The molecule has 0 amide bonds. The van der Waals surface area contributed by atoms with Gasteiger partial charge in [0.15, 0.2) is 0 Å². The maximum Gasteiger partial charge on any atom is 0.0646 e. The van der Waals surface area contributed by atoms with E-state index in [1.807, 2.05) is 0 Å². The minimum Gasteiger partial charge on any atom is -0.296 e. The number of hydrogen-bond acceptors (Lipinski definition) is 3. The van der Waals surface area contributed by atoms with Crippen LogP contribution in [0.15, 0.2) is 18.2 Å². The predicted molar refractivity (Wildman–Crippen MR) is 88.0 cm³/mol. The Bertz CT molecular complexity index is 485. The van der Waals surface area contributed by atoms with Crippen molar-refractivity contribution in [3.8, 4) is 0 Å². The Labute approximate surface area is 128 Å². The largest absolute Gasteiger partial charge is 0.296 e. The summed E-state index contributed by atoms with van der Waals surface area (Å²) >= 11 is 0. The van der Waals surface area contributed by atoms with Crippen LogP contribution >= 0.6 is 0 Å². The van der Waals surface area contributed by atoms with E-state index < -0.39 is 0 Å². The Balaban J connectivity index is 2.01. The molecule has 1 saturated carbocycles. The summed E-state index contributed by atoms with van der Waals surface area (Å²) in [7, 11) is 0. The van der Waals surface area contributed by atoms with E-state index in [0.717, 1.165) is 0 Å². The molecule has 3 N–H and O–H groups in total. The maximum atomic E-state index is 6.08.